The fourth-order valence-electron chi connectivity index (χ4n) is 4.14. The van der Waals surface area contributed by atoms with Crippen molar-refractivity contribution in [2.75, 3.05) is 59.0 Å². The number of hydrogen-bond acceptors (Lipinski definition) is 10. The molecule has 0 unspecified atom stereocenters. The van der Waals surface area contributed by atoms with Gasteiger partial charge >= 0.3 is 0 Å². The lowest BCUT2D eigenvalue weighted by Gasteiger charge is -2.26. The zero-order valence-corrected chi connectivity index (χ0v) is 21.5. The molecule has 5 rings (SSSR count). The maximum Gasteiger partial charge on any atom is 0.250 e. The summed E-state index contributed by atoms with van der Waals surface area (Å²) in [6, 6.07) is 9.04. The fourth-order valence-corrected chi connectivity index (χ4v) is 4.39. The summed E-state index contributed by atoms with van der Waals surface area (Å²) in [7, 11) is 3.16. The third kappa shape index (κ3) is 5.71. The Kier molecular flexibility index (Phi) is 7.88. The Bertz CT molecular complexity index is 1280. The van der Waals surface area contributed by atoms with Gasteiger partial charge in [0.1, 0.15) is 12.1 Å². The van der Waals surface area contributed by atoms with Gasteiger partial charge in [0, 0.05) is 37.5 Å². The molecule has 0 spiro atoms. The van der Waals surface area contributed by atoms with Gasteiger partial charge in [0.25, 0.3) is 5.88 Å². The highest BCUT2D eigenvalue weighted by molar-refractivity contribution is 6.32. The largest absolute Gasteiger partial charge is 0.493 e. The summed E-state index contributed by atoms with van der Waals surface area (Å²) in [6.07, 6.45) is 4.00. The topological polar surface area (TPSA) is 99.6 Å². The number of morpholine rings is 1. The number of methoxy groups -OCH3 is 2. The number of nitrogens with one attached hydrogen (secondary N) is 1. The van der Waals surface area contributed by atoms with Crippen LogP contribution in [0.2, 0.25) is 5.02 Å². The number of rotatable bonds is 9. The van der Waals surface area contributed by atoms with E-state index in [1.165, 1.54) is 6.33 Å². The van der Waals surface area contributed by atoms with E-state index in [1.807, 2.05) is 18.2 Å². The number of ether oxygens (including phenoxy) is 5. The molecule has 37 heavy (non-hydrogen) atoms. The lowest BCUT2D eigenvalue weighted by atomic mass is 10.2. The van der Waals surface area contributed by atoms with Crippen molar-refractivity contribution in [3.63, 3.8) is 0 Å². The molecule has 2 aliphatic heterocycles. The van der Waals surface area contributed by atoms with Crippen molar-refractivity contribution >= 4 is 35.0 Å². The van der Waals surface area contributed by atoms with Crippen LogP contribution < -0.4 is 24.3 Å². The molecule has 2 aliphatic rings. The number of benzene rings is 2. The minimum atomic E-state index is 0.301. The van der Waals surface area contributed by atoms with E-state index in [1.54, 1.807) is 32.6 Å². The molecule has 3 aromatic rings. The number of nitrogens with zero attached hydrogens (tertiary/aromatic N) is 4. The first kappa shape index (κ1) is 25.1. The lowest BCUT2D eigenvalue weighted by molar-refractivity contribution is 0.0357. The molecule has 1 saturated heterocycles. The number of anilines is 2. The van der Waals surface area contributed by atoms with Gasteiger partial charge in [-0.25, -0.2) is 9.98 Å². The van der Waals surface area contributed by atoms with Gasteiger partial charge in [-0.3, -0.25) is 4.90 Å². The Labute approximate surface area is 220 Å². The van der Waals surface area contributed by atoms with E-state index >= 15 is 0 Å². The number of halogens is 1. The van der Waals surface area contributed by atoms with Crippen LogP contribution in [0.4, 0.5) is 17.2 Å². The predicted octanol–water partition coefficient (Wildman–Crippen LogP) is 4.85. The highest BCUT2D eigenvalue weighted by Gasteiger charge is 2.21. The summed E-state index contributed by atoms with van der Waals surface area (Å²) in [5.41, 5.74) is 1.81. The summed E-state index contributed by atoms with van der Waals surface area (Å²) in [6.45, 7) is 5.01. The van der Waals surface area contributed by atoms with Gasteiger partial charge in [-0.2, -0.15) is 4.98 Å². The van der Waals surface area contributed by atoms with Crippen LogP contribution in [0.15, 0.2) is 41.7 Å². The van der Waals surface area contributed by atoms with Gasteiger partial charge in [-0.1, -0.05) is 17.7 Å². The molecule has 1 fully saturated rings. The molecule has 194 valence electrons. The maximum absolute atomic E-state index is 6.27. The molecule has 0 radical (unpaired) electrons. The summed E-state index contributed by atoms with van der Waals surface area (Å²) in [5.74, 6) is 2.98. The summed E-state index contributed by atoms with van der Waals surface area (Å²) in [4.78, 5) is 15.7. The standard InChI is InChI=1S/C26H28ClN5O5/c1-33-21-14-20-17(13-22(21)36-10-4-7-32-8-11-35-12-9-32)15-28-23-25(29-16-30-26(23)37-20)31-19-6-3-5-18(27)24(19)34-2/h3,5-6,13-16H,4,7-12H2,1-2H3,(H,29,30,31). The second kappa shape index (κ2) is 11.6. The van der Waals surface area contributed by atoms with Gasteiger partial charge in [0.05, 0.1) is 44.8 Å². The molecule has 1 aromatic heterocycles. The first-order chi connectivity index (χ1) is 18.2. The van der Waals surface area contributed by atoms with Crippen molar-refractivity contribution in [1.82, 2.24) is 14.9 Å². The van der Waals surface area contributed by atoms with Crippen molar-refractivity contribution in [2.45, 2.75) is 6.42 Å². The molecule has 3 heterocycles. The smallest absolute Gasteiger partial charge is 0.250 e. The van der Waals surface area contributed by atoms with Crippen LogP contribution in [0.5, 0.6) is 28.9 Å². The van der Waals surface area contributed by atoms with E-state index in [0.29, 0.717) is 57.7 Å². The van der Waals surface area contributed by atoms with Crippen molar-refractivity contribution in [3.05, 3.63) is 47.2 Å². The number of aromatic nitrogens is 2. The summed E-state index contributed by atoms with van der Waals surface area (Å²) in [5, 5.41) is 3.70. The van der Waals surface area contributed by atoms with Crippen LogP contribution in [0.3, 0.4) is 0 Å². The molecule has 0 atom stereocenters. The van der Waals surface area contributed by atoms with E-state index < -0.39 is 0 Å². The van der Waals surface area contributed by atoms with Gasteiger partial charge in [-0.05, 0) is 24.6 Å². The second-order valence-electron chi connectivity index (χ2n) is 8.38. The SMILES string of the molecule is COc1cc2c(cc1OCCCN1CCOCC1)C=Nc1c(Nc3cccc(Cl)c3OC)ncnc1O2. The number of hydrogen-bond donors (Lipinski definition) is 1. The molecule has 10 nitrogen and oxygen atoms in total. The average Bonchev–Trinajstić information content (AvgIpc) is 3.10. The number of fused-ring (bicyclic) bond motifs is 2. The number of para-hydroxylation sites is 1. The Balaban J connectivity index is 1.35. The lowest BCUT2D eigenvalue weighted by Crippen LogP contribution is -2.37. The second-order valence-corrected chi connectivity index (χ2v) is 8.79. The zero-order chi connectivity index (χ0) is 25.6. The quantitative estimate of drug-likeness (QED) is 0.307. The van der Waals surface area contributed by atoms with E-state index in [9.17, 15) is 0 Å². The molecule has 0 saturated carbocycles. The molecule has 0 amide bonds. The van der Waals surface area contributed by atoms with Crippen molar-refractivity contribution in [1.29, 1.82) is 0 Å². The van der Waals surface area contributed by atoms with Crippen molar-refractivity contribution < 1.29 is 23.7 Å². The summed E-state index contributed by atoms with van der Waals surface area (Å²) >= 11 is 6.27. The average molecular weight is 526 g/mol. The van der Waals surface area contributed by atoms with Crippen molar-refractivity contribution in [3.8, 4) is 28.9 Å². The van der Waals surface area contributed by atoms with Gasteiger partial charge < -0.3 is 29.0 Å². The van der Waals surface area contributed by atoms with E-state index in [-0.39, 0.29) is 0 Å². The normalized spacial score (nSPS) is 14.7. The Hall–Kier alpha value is -3.60. The molecule has 0 aliphatic carbocycles. The molecule has 1 N–H and O–H groups in total. The van der Waals surface area contributed by atoms with Crippen LogP contribution in [-0.2, 0) is 4.74 Å². The third-order valence-corrected chi connectivity index (χ3v) is 6.33. The van der Waals surface area contributed by atoms with Crippen LogP contribution >= 0.6 is 11.6 Å². The first-order valence-electron chi connectivity index (χ1n) is 12.0. The highest BCUT2D eigenvalue weighted by atomic mass is 35.5. The predicted molar refractivity (Wildman–Crippen MR) is 141 cm³/mol. The number of aliphatic imine (C=N–C) groups is 1. The minimum Gasteiger partial charge on any atom is -0.493 e. The Morgan fingerprint density at radius 2 is 1.95 bits per heavy atom. The van der Waals surface area contributed by atoms with Crippen LogP contribution in [0.1, 0.15) is 12.0 Å². The van der Waals surface area contributed by atoms with Crippen LogP contribution in [0, 0.1) is 0 Å². The molecule has 11 heteroatoms. The highest BCUT2D eigenvalue weighted by Crippen LogP contribution is 2.43. The molecular weight excluding hydrogens is 498 g/mol. The fraction of sp³-hybridized carbons (Fsp3) is 0.346. The maximum atomic E-state index is 6.27. The molecular formula is C26H28ClN5O5. The van der Waals surface area contributed by atoms with E-state index in [2.05, 4.69) is 25.2 Å². The van der Waals surface area contributed by atoms with E-state index in [4.69, 9.17) is 35.3 Å². The van der Waals surface area contributed by atoms with Gasteiger partial charge in [0.15, 0.2) is 28.8 Å². The van der Waals surface area contributed by atoms with Gasteiger partial charge in [-0.15, -0.1) is 0 Å². The van der Waals surface area contributed by atoms with Crippen LogP contribution in [-0.4, -0.2) is 74.8 Å². The Morgan fingerprint density at radius 3 is 2.76 bits per heavy atom. The van der Waals surface area contributed by atoms with Crippen molar-refractivity contribution in [2.24, 2.45) is 4.99 Å². The molecule has 2 aromatic carbocycles. The Morgan fingerprint density at radius 1 is 1.08 bits per heavy atom. The summed E-state index contributed by atoms with van der Waals surface area (Å²) < 4.78 is 28.6. The third-order valence-electron chi connectivity index (χ3n) is 6.03. The molecule has 0 bridgehead atoms. The van der Waals surface area contributed by atoms with E-state index in [0.717, 1.165) is 44.8 Å². The minimum absolute atomic E-state index is 0.301. The zero-order valence-electron chi connectivity index (χ0n) is 20.7. The first-order valence-corrected chi connectivity index (χ1v) is 12.4. The monoisotopic (exact) mass is 525 g/mol. The van der Waals surface area contributed by atoms with Gasteiger partial charge in [0.2, 0.25) is 0 Å². The van der Waals surface area contributed by atoms with Crippen LogP contribution in [0.25, 0.3) is 0 Å².